The fourth-order valence-electron chi connectivity index (χ4n) is 3.20. The summed E-state index contributed by atoms with van der Waals surface area (Å²) in [5.41, 5.74) is 5.84. The Bertz CT molecular complexity index is 965. The maximum absolute atomic E-state index is 13.0. The van der Waals surface area contributed by atoms with E-state index in [2.05, 4.69) is 15.5 Å². The third-order valence-corrected chi connectivity index (χ3v) is 5.05. The van der Waals surface area contributed by atoms with E-state index < -0.39 is 0 Å². The lowest BCUT2D eigenvalue weighted by Crippen LogP contribution is -2.31. The van der Waals surface area contributed by atoms with Gasteiger partial charge in [0.2, 0.25) is 5.91 Å². The van der Waals surface area contributed by atoms with Crippen LogP contribution in [0.2, 0.25) is 0 Å². The minimum Gasteiger partial charge on any atom is -0.325 e. The second kappa shape index (κ2) is 9.47. The predicted octanol–water partition coefficient (Wildman–Crippen LogP) is 4.34. The van der Waals surface area contributed by atoms with Crippen molar-refractivity contribution in [3.05, 3.63) is 71.2 Å². The van der Waals surface area contributed by atoms with Crippen LogP contribution in [0.15, 0.2) is 48.5 Å². The predicted molar refractivity (Wildman–Crippen MR) is 114 cm³/mol. The van der Waals surface area contributed by atoms with E-state index in [1.165, 1.54) is 12.1 Å². The van der Waals surface area contributed by atoms with E-state index in [1.807, 2.05) is 50.1 Å². The number of aryl methyl sites for hydroxylation is 2. The first-order valence-corrected chi connectivity index (χ1v) is 9.77. The van der Waals surface area contributed by atoms with Crippen LogP contribution in [0.25, 0.3) is 11.3 Å². The summed E-state index contributed by atoms with van der Waals surface area (Å²) in [5, 5.41) is 10.3. The molecule has 0 aliphatic carbocycles. The number of likely N-dealkylation sites (N-methyl/N-ethyl adjacent to an activating group) is 1. The lowest BCUT2D eigenvalue weighted by atomic mass is 10.1. The number of amides is 1. The number of carbonyl (C=O) groups is 1. The molecule has 0 atom stereocenters. The van der Waals surface area contributed by atoms with Crippen LogP contribution in [0.5, 0.6) is 0 Å². The summed E-state index contributed by atoms with van der Waals surface area (Å²) in [6.07, 6.45) is 1.73. The summed E-state index contributed by atoms with van der Waals surface area (Å²) in [4.78, 5) is 14.3. The van der Waals surface area contributed by atoms with Crippen molar-refractivity contribution < 1.29 is 9.18 Å². The number of carbonyl (C=O) groups excluding carboxylic acids is 1. The first-order chi connectivity index (χ1) is 13.9. The summed E-state index contributed by atoms with van der Waals surface area (Å²) in [5.74, 6) is -0.268. The standard InChI is InChI=1S/C23H27FN4O/c1-16-6-4-8-21(17(16)2)25-23(29)15-28(3)13-5-7-20-14-22(27-26-20)18-9-11-19(24)12-10-18/h4,6,8-12,14H,5,7,13,15H2,1-3H3,(H,25,29)(H,26,27). The molecule has 152 valence electrons. The Hall–Kier alpha value is -2.99. The van der Waals surface area contributed by atoms with Gasteiger partial charge in [-0.2, -0.15) is 5.10 Å². The van der Waals surface area contributed by atoms with E-state index in [-0.39, 0.29) is 11.7 Å². The van der Waals surface area contributed by atoms with E-state index in [0.29, 0.717) is 6.54 Å². The molecule has 1 aromatic heterocycles. The number of halogens is 1. The van der Waals surface area contributed by atoms with Gasteiger partial charge in [0.25, 0.3) is 0 Å². The number of nitrogens with zero attached hydrogens (tertiary/aromatic N) is 2. The lowest BCUT2D eigenvalue weighted by Gasteiger charge is -2.17. The number of rotatable bonds is 8. The normalized spacial score (nSPS) is 11.1. The Balaban J connectivity index is 1.44. The van der Waals surface area contributed by atoms with Crippen LogP contribution < -0.4 is 5.32 Å². The van der Waals surface area contributed by atoms with Gasteiger partial charge in [0.15, 0.2) is 0 Å². The van der Waals surface area contributed by atoms with Gasteiger partial charge in [0.1, 0.15) is 5.82 Å². The van der Waals surface area contributed by atoms with Crippen LogP contribution in [0.4, 0.5) is 10.1 Å². The van der Waals surface area contributed by atoms with Gasteiger partial charge < -0.3 is 5.32 Å². The van der Waals surface area contributed by atoms with Crippen molar-refractivity contribution >= 4 is 11.6 Å². The van der Waals surface area contributed by atoms with E-state index in [1.54, 1.807) is 12.1 Å². The zero-order valence-corrected chi connectivity index (χ0v) is 17.1. The van der Waals surface area contributed by atoms with E-state index >= 15 is 0 Å². The van der Waals surface area contributed by atoms with Crippen molar-refractivity contribution in [3.63, 3.8) is 0 Å². The highest BCUT2D eigenvalue weighted by atomic mass is 19.1. The first-order valence-electron chi connectivity index (χ1n) is 9.77. The highest BCUT2D eigenvalue weighted by Crippen LogP contribution is 2.19. The third kappa shape index (κ3) is 5.74. The van der Waals surface area contributed by atoms with Gasteiger partial charge >= 0.3 is 0 Å². The Morgan fingerprint density at radius 2 is 1.93 bits per heavy atom. The largest absolute Gasteiger partial charge is 0.325 e. The topological polar surface area (TPSA) is 61.0 Å². The van der Waals surface area contributed by atoms with E-state index in [4.69, 9.17) is 0 Å². The van der Waals surface area contributed by atoms with Crippen LogP contribution in [-0.4, -0.2) is 41.1 Å². The fraction of sp³-hybridized carbons (Fsp3) is 0.304. The van der Waals surface area contributed by atoms with E-state index in [0.717, 1.165) is 53.2 Å². The Morgan fingerprint density at radius 1 is 1.17 bits per heavy atom. The second-order valence-electron chi connectivity index (χ2n) is 7.42. The smallest absolute Gasteiger partial charge is 0.238 e. The highest BCUT2D eigenvalue weighted by Gasteiger charge is 2.10. The molecule has 2 N–H and O–H groups in total. The SMILES string of the molecule is Cc1cccc(NC(=O)CN(C)CCCc2cc(-c3ccc(F)cc3)n[nH]2)c1C. The maximum atomic E-state index is 13.0. The Kier molecular flexibility index (Phi) is 6.77. The number of H-pyrrole nitrogens is 1. The molecule has 1 amide bonds. The van der Waals surface area contributed by atoms with Gasteiger partial charge in [-0.25, -0.2) is 4.39 Å². The molecule has 0 aliphatic rings. The quantitative estimate of drug-likeness (QED) is 0.598. The van der Waals surface area contributed by atoms with E-state index in [9.17, 15) is 9.18 Å². The number of nitrogens with one attached hydrogen (secondary N) is 2. The number of aromatic nitrogens is 2. The Labute approximate surface area is 170 Å². The lowest BCUT2D eigenvalue weighted by molar-refractivity contribution is -0.117. The minimum absolute atomic E-state index is 0.0127. The van der Waals surface area contributed by atoms with Crippen LogP contribution >= 0.6 is 0 Å². The molecule has 3 rings (SSSR count). The number of benzene rings is 2. The zero-order chi connectivity index (χ0) is 20.8. The molecule has 0 saturated carbocycles. The molecule has 0 fully saturated rings. The van der Waals surface area contributed by atoms with Crippen LogP contribution in [0, 0.1) is 19.7 Å². The number of hydrogen-bond acceptors (Lipinski definition) is 3. The van der Waals surface area contributed by atoms with Gasteiger partial charge in [-0.1, -0.05) is 12.1 Å². The molecule has 1 heterocycles. The van der Waals surface area contributed by atoms with Crippen molar-refractivity contribution in [3.8, 4) is 11.3 Å². The summed E-state index contributed by atoms with van der Waals surface area (Å²) >= 11 is 0. The van der Waals surface area contributed by atoms with Crippen LogP contribution in [-0.2, 0) is 11.2 Å². The van der Waals surface area contributed by atoms with Gasteiger partial charge in [-0.05, 0) is 87.8 Å². The third-order valence-electron chi connectivity index (χ3n) is 5.05. The average Bonchev–Trinajstić information content (AvgIpc) is 3.15. The molecule has 0 saturated heterocycles. The summed E-state index contributed by atoms with van der Waals surface area (Å²) < 4.78 is 13.0. The highest BCUT2D eigenvalue weighted by molar-refractivity contribution is 5.93. The average molecular weight is 394 g/mol. The van der Waals surface area contributed by atoms with Crippen molar-refractivity contribution in [2.45, 2.75) is 26.7 Å². The number of aromatic amines is 1. The molecule has 0 spiro atoms. The van der Waals surface area contributed by atoms with Gasteiger partial charge in [-0.3, -0.25) is 14.8 Å². The number of hydrogen-bond donors (Lipinski definition) is 2. The fourth-order valence-corrected chi connectivity index (χ4v) is 3.20. The molecule has 6 heteroatoms. The molecule has 0 unspecified atom stereocenters. The van der Waals surface area contributed by atoms with Crippen molar-refractivity contribution in [1.29, 1.82) is 0 Å². The molecular formula is C23H27FN4O. The second-order valence-corrected chi connectivity index (χ2v) is 7.42. The van der Waals surface area contributed by atoms with Gasteiger partial charge in [-0.15, -0.1) is 0 Å². The molecule has 0 radical (unpaired) electrons. The minimum atomic E-state index is -0.255. The molecule has 5 nitrogen and oxygen atoms in total. The maximum Gasteiger partial charge on any atom is 0.238 e. The van der Waals surface area contributed by atoms with Gasteiger partial charge in [0, 0.05) is 16.9 Å². The number of anilines is 1. The molecule has 3 aromatic rings. The summed E-state index contributed by atoms with van der Waals surface area (Å²) in [6.45, 7) is 5.19. The first kappa shape index (κ1) is 20.7. The van der Waals surface area contributed by atoms with Gasteiger partial charge in [0.05, 0.1) is 12.2 Å². The molecule has 0 aliphatic heterocycles. The Morgan fingerprint density at radius 3 is 2.69 bits per heavy atom. The molecular weight excluding hydrogens is 367 g/mol. The van der Waals surface area contributed by atoms with Crippen molar-refractivity contribution in [2.24, 2.45) is 0 Å². The molecule has 0 bridgehead atoms. The summed E-state index contributed by atoms with van der Waals surface area (Å²) in [6, 6.07) is 14.2. The molecule has 2 aromatic carbocycles. The monoisotopic (exact) mass is 394 g/mol. The molecule has 29 heavy (non-hydrogen) atoms. The van der Waals surface area contributed by atoms with Crippen molar-refractivity contribution in [2.75, 3.05) is 25.5 Å². The van der Waals surface area contributed by atoms with Crippen molar-refractivity contribution in [1.82, 2.24) is 15.1 Å². The summed E-state index contributed by atoms with van der Waals surface area (Å²) in [7, 11) is 1.94. The zero-order valence-electron chi connectivity index (χ0n) is 17.1. The van der Waals surface area contributed by atoms with Crippen LogP contribution in [0.1, 0.15) is 23.2 Å². The van der Waals surface area contributed by atoms with Crippen LogP contribution in [0.3, 0.4) is 0 Å².